The maximum atomic E-state index is 8.72. The third-order valence-corrected chi connectivity index (χ3v) is 2.67. The number of hydrogen-bond donors (Lipinski definition) is 1. The van der Waals surface area contributed by atoms with Gasteiger partial charge in [0.05, 0.1) is 11.6 Å². The molecule has 0 spiro atoms. The molecule has 0 heterocycles. The molecule has 20 heavy (non-hydrogen) atoms. The average Bonchev–Trinajstić information content (AvgIpc) is 2.52. The van der Waals surface area contributed by atoms with E-state index in [0.29, 0.717) is 25.3 Å². The van der Waals surface area contributed by atoms with Crippen molar-refractivity contribution in [3.05, 3.63) is 59.7 Å². The molecule has 0 atom stereocenters. The zero-order valence-corrected chi connectivity index (χ0v) is 11.1. The summed E-state index contributed by atoms with van der Waals surface area (Å²) in [6, 6.07) is 16.8. The van der Waals surface area contributed by atoms with Gasteiger partial charge in [-0.05, 0) is 42.0 Å². The summed E-state index contributed by atoms with van der Waals surface area (Å²) in [5.41, 5.74) is 7.04. The van der Waals surface area contributed by atoms with Gasteiger partial charge in [0.15, 0.2) is 0 Å². The van der Waals surface area contributed by atoms with E-state index in [1.54, 1.807) is 24.3 Å². The van der Waals surface area contributed by atoms with Gasteiger partial charge in [-0.2, -0.15) is 5.26 Å². The summed E-state index contributed by atoms with van der Waals surface area (Å²) in [4.78, 5) is 0. The maximum absolute atomic E-state index is 8.72. The van der Waals surface area contributed by atoms with Gasteiger partial charge >= 0.3 is 0 Å². The third-order valence-electron chi connectivity index (χ3n) is 2.67. The van der Waals surface area contributed by atoms with E-state index < -0.39 is 0 Å². The normalized spacial score (nSPS) is 9.80. The number of hydrogen-bond acceptors (Lipinski definition) is 4. The van der Waals surface area contributed by atoms with Crippen LogP contribution in [0.4, 0.5) is 0 Å². The summed E-state index contributed by atoms with van der Waals surface area (Å²) in [7, 11) is 0. The van der Waals surface area contributed by atoms with Crippen LogP contribution in [-0.2, 0) is 6.61 Å². The second kappa shape index (κ2) is 7.17. The van der Waals surface area contributed by atoms with E-state index in [0.717, 1.165) is 17.1 Å². The lowest BCUT2D eigenvalue weighted by atomic mass is 10.2. The fraction of sp³-hybridized carbons (Fsp3) is 0.188. The van der Waals surface area contributed by atoms with Crippen LogP contribution in [0.1, 0.15) is 11.1 Å². The first kappa shape index (κ1) is 13.9. The van der Waals surface area contributed by atoms with Gasteiger partial charge in [0.1, 0.15) is 24.7 Å². The van der Waals surface area contributed by atoms with Crippen molar-refractivity contribution >= 4 is 0 Å². The van der Waals surface area contributed by atoms with Crippen molar-refractivity contribution in [3.63, 3.8) is 0 Å². The van der Waals surface area contributed by atoms with Crippen LogP contribution in [0.2, 0.25) is 0 Å². The van der Waals surface area contributed by atoms with E-state index >= 15 is 0 Å². The summed E-state index contributed by atoms with van der Waals surface area (Å²) in [5.74, 6) is 1.52. The largest absolute Gasteiger partial charge is 0.492 e. The van der Waals surface area contributed by atoms with Crippen LogP contribution in [0, 0.1) is 11.3 Å². The number of rotatable bonds is 6. The molecule has 4 nitrogen and oxygen atoms in total. The Balaban J connectivity index is 1.94. The standard InChI is InChI=1S/C16H16N2O2/c17-8-9-19-16-3-1-2-14(10-16)12-20-15-6-4-13(11-18)5-7-15/h1-7,10H,8-9,12,17H2. The van der Waals surface area contributed by atoms with Crippen LogP contribution < -0.4 is 15.2 Å². The molecule has 0 fully saturated rings. The molecular formula is C16H16N2O2. The van der Waals surface area contributed by atoms with Gasteiger partial charge in [0.25, 0.3) is 0 Å². The van der Waals surface area contributed by atoms with Gasteiger partial charge in [-0.15, -0.1) is 0 Å². The predicted octanol–water partition coefficient (Wildman–Crippen LogP) is 2.47. The van der Waals surface area contributed by atoms with Crippen LogP contribution in [0.15, 0.2) is 48.5 Å². The van der Waals surface area contributed by atoms with E-state index in [4.69, 9.17) is 20.5 Å². The smallest absolute Gasteiger partial charge is 0.119 e. The summed E-state index contributed by atoms with van der Waals surface area (Å²) in [6.07, 6.45) is 0. The first-order valence-electron chi connectivity index (χ1n) is 6.36. The molecule has 4 heteroatoms. The third kappa shape index (κ3) is 4.01. The molecule has 2 aromatic rings. The van der Waals surface area contributed by atoms with E-state index in [1.165, 1.54) is 0 Å². The number of nitrogens with two attached hydrogens (primary N) is 1. The quantitative estimate of drug-likeness (QED) is 0.873. The van der Waals surface area contributed by atoms with Crippen molar-refractivity contribution in [2.45, 2.75) is 6.61 Å². The van der Waals surface area contributed by atoms with Crippen molar-refractivity contribution in [2.75, 3.05) is 13.2 Å². The molecule has 0 amide bonds. The van der Waals surface area contributed by atoms with Crippen LogP contribution in [-0.4, -0.2) is 13.2 Å². The molecule has 102 valence electrons. The van der Waals surface area contributed by atoms with Crippen LogP contribution in [0.25, 0.3) is 0 Å². The SMILES string of the molecule is N#Cc1ccc(OCc2cccc(OCCN)c2)cc1. The lowest BCUT2D eigenvalue weighted by Crippen LogP contribution is -2.10. The van der Waals surface area contributed by atoms with E-state index in [2.05, 4.69) is 6.07 Å². The number of benzene rings is 2. The van der Waals surface area contributed by atoms with Crippen LogP contribution >= 0.6 is 0 Å². The van der Waals surface area contributed by atoms with Gasteiger partial charge in [-0.25, -0.2) is 0 Å². The minimum atomic E-state index is 0.450. The molecule has 0 radical (unpaired) electrons. The van der Waals surface area contributed by atoms with Crippen molar-refractivity contribution < 1.29 is 9.47 Å². The first-order valence-corrected chi connectivity index (χ1v) is 6.36. The fourth-order valence-electron chi connectivity index (χ4n) is 1.69. The second-order valence-corrected chi connectivity index (χ2v) is 4.21. The first-order chi connectivity index (χ1) is 9.81. The van der Waals surface area contributed by atoms with Gasteiger partial charge < -0.3 is 15.2 Å². The molecule has 0 aliphatic heterocycles. The Morgan fingerprint density at radius 1 is 1.00 bits per heavy atom. The van der Waals surface area contributed by atoms with Crippen molar-refractivity contribution in [3.8, 4) is 17.6 Å². The molecule has 0 bridgehead atoms. The monoisotopic (exact) mass is 268 g/mol. The zero-order chi connectivity index (χ0) is 14.2. The highest BCUT2D eigenvalue weighted by molar-refractivity contribution is 5.35. The molecule has 0 aliphatic rings. The molecule has 0 aliphatic carbocycles. The molecule has 0 saturated heterocycles. The van der Waals surface area contributed by atoms with Crippen molar-refractivity contribution in [1.29, 1.82) is 5.26 Å². The lowest BCUT2D eigenvalue weighted by Gasteiger charge is -2.09. The van der Waals surface area contributed by atoms with Crippen LogP contribution in [0.3, 0.4) is 0 Å². The number of nitriles is 1. The Labute approximate surface area is 118 Å². The molecule has 0 saturated carbocycles. The molecule has 0 unspecified atom stereocenters. The highest BCUT2D eigenvalue weighted by atomic mass is 16.5. The zero-order valence-electron chi connectivity index (χ0n) is 11.1. The summed E-state index contributed by atoms with van der Waals surface area (Å²) < 4.78 is 11.1. The molecule has 0 aromatic heterocycles. The number of nitrogens with zero attached hydrogens (tertiary/aromatic N) is 1. The summed E-state index contributed by atoms with van der Waals surface area (Å²) >= 11 is 0. The second-order valence-electron chi connectivity index (χ2n) is 4.21. The van der Waals surface area contributed by atoms with E-state index in [9.17, 15) is 0 Å². The number of ether oxygens (including phenoxy) is 2. The lowest BCUT2D eigenvalue weighted by molar-refractivity contribution is 0.302. The van der Waals surface area contributed by atoms with Crippen molar-refractivity contribution in [1.82, 2.24) is 0 Å². The van der Waals surface area contributed by atoms with Crippen molar-refractivity contribution in [2.24, 2.45) is 5.73 Å². The van der Waals surface area contributed by atoms with Gasteiger partial charge in [-0.1, -0.05) is 12.1 Å². The van der Waals surface area contributed by atoms with Gasteiger partial charge in [-0.3, -0.25) is 0 Å². The van der Waals surface area contributed by atoms with E-state index in [-0.39, 0.29) is 0 Å². The molecule has 2 N–H and O–H groups in total. The average molecular weight is 268 g/mol. The minimum absolute atomic E-state index is 0.450. The highest BCUT2D eigenvalue weighted by Gasteiger charge is 1.99. The van der Waals surface area contributed by atoms with E-state index in [1.807, 2.05) is 24.3 Å². The molecule has 2 rings (SSSR count). The maximum Gasteiger partial charge on any atom is 0.119 e. The van der Waals surface area contributed by atoms with Crippen LogP contribution in [0.5, 0.6) is 11.5 Å². The Morgan fingerprint density at radius 2 is 1.80 bits per heavy atom. The Bertz CT molecular complexity index is 588. The Hall–Kier alpha value is -2.51. The van der Waals surface area contributed by atoms with Gasteiger partial charge in [0.2, 0.25) is 0 Å². The predicted molar refractivity (Wildman–Crippen MR) is 76.5 cm³/mol. The topological polar surface area (TPSA) is 68.3 Å². The Morgan fingerprint density at radius 3 is 2.50 bits per heavy atom. The Kier molecular flexibility index (Phi) is 4.99. The highest BCUT2D eigenvalue weighted by Crippen LogP contribution is 2.17. The summed E-state index contributed by atoms with van der Waals surface area (Å²) in [5, 5.41) is 8.72. The molecular weight excluding hydrogens is 252 g/mol. The van der Waals surface area contributed by atoms with Gasteiger partial charge in [0, 0.05) is 6.54 Å². The fourth-order valence-corrected chi connectivity index (χ4v) is 1.69. The molecule has 2 aromatic carbocycles. The minimum Gasteiger partial charge on any atom is -0.492 e. The summed E-state index contributed by atoms with van der Waals surface area (Å²) in [6.45, 7) is 1.44.